The quantitative estimate of drug-likeness (QED) is 0.157. The molecule has 3 unspecified atom stereocenters. The van der Waals surface area contributed by atoms with Crippen molar-refractivity contribution in [2.75, 3.05) is 50.3 Å². The van der Waals surface area contributed by atoms with Crippen molar-refractivity contribution in [2.45, 2.75) is 168 Å². The van der Waals surface area contributed by atoms with Crippen LogP contribution in [0.15, 0.2) is 54.6 Å². The van der Waals surface area contributed by atoms with Gasteiger partial charge in [-0.15, -0.1) is 0 Å². The Bertz CT molecular complexity index is 2710. The number of amides is 4. The zero-order chi connectivity index (χ0) is 54.4. The largest absolute Gasteiger partial charge is 0.493 e. The Morgan fingerprint density at radius 1 is 0.671 bits per heavy atom. The zero-order valence-electron chi connectivity index (χ0n) is 45.5. The highest BCUT2D eigenvalue weighted by molar-refractivity contribution is 6.30. The van der Waals surface area contributed by atoms with Gasteiger partial charge in [0.15, 0.2) is 48.0 Å². The maximum absolute atomic E-state index is 14.7. The fourth-order valence-corrected chi connectivity index (χ4v) is 11.2. The molecule has 4 fully saturated rings. The first kappa shape index (κ1) is 55.0. The lowest BCUT2D eigenvalue weighted by Crippen LogP contribution is -2.54. The molecule has 3 aromatic carbocycles. The first-order valence-corrected chi connectivity index (χ1v) is 26.7. The standard InChI is InChI=1S/C57H73ClN4O14/c1-33-20-41-51(73-47-16-12-14-18-69-47)61(53(65)75-55(2,3)4)39-26-45(43(67-10)24-37(39)49(63)59(41)29-33)71-30-34-21-35(23-36(58)22-34)31-72-46-27-40-38(25-44(46)68-11)50(64)60-32-57(8,9)28-42(60)52(74-48-17-13-15-19-70-48)62(40)54(66)76-56(5,6)7/h21-27,41-42,47-48,51-52H,1,12-20,28-32H2,2-11H3/t41-,42-,47?,48?,51?,52-/m0/s1. The molecule has 76 heavy (non-hydrogen) atoms. The van der Waals surface area contributed by atoms with Crippen LogP contribution in [-0.2, 0) is 41.6 Å². The molecule has 4 saturated heterocycles. The molecule has 412 valence electrons. The molecule has 9 rings (SSSR count). The molecular weight excluding hydrogens is 1000 g/mol. The molecule has 0 bridgehead atoms. The predicted octanol–water partition coefficient (Wildman–Crippen LogP) is 10.8. The Morgan fingerprint density at radius 3 is 1.59 bits per heavy atom. The number of carbonyl (C=O) groups is 4. The molecule has 6 aliphatic rings. The number of halogens is 1. The highest BCUT2D eigenvalue weighted by Crippen LogP contribution is 2.48. The van der Waals surface area contributed by atoms with Crippen molar-refractivity contribution in [1.29, 1.82) is 0 Å². The third-order valence-corrected chi connectivity index (χ3v) is 14.3. The Morgan fingerprint density at radius 2 is 1.14 bits per heavy atom. The van der Waals surface area contributed by atoms with Crippen molar-refractivity contribution >= 4 is 47.0 Å². The number of fused-ring (bicyclic) bond motifs is 4. The van der Waals surface area contributed by atoms with Crippen molar-refractivity contribution in [3.05, 3.63) is 81.9 Å². The summed E-state index contributed by atoms with van der Waals surface area (Å²) in [4.78, 5) is 64.8. The lowest BCUT2D eigenvalue weighted by molar-refractivity contribution is -0.196. The summed E-state index contributed by atoms with van der Waals surface area (Å²) in [5.74, 6) is 0.405. The average molecular weight is 1070 g/mol. The summed E-state index contributed by atoms with van der Waals surface area (Å²) in [6.45, 7) is 20.8. The van der Waals surface area contributed by atoms with Gasteiger partial charge in [0.1, 0.15) is 24.4 Å². The van der Waals surface area contributed by atoms with Crippen LogP contribution < -0.4 is 28.7 Å². The van der Waals surface area contributed by atoms with Crippen LogP contribution in [0.3, 0.4) is 0 Å². The SMILES string of the molecule is C=C1C[C@H]2C(OC3CCCCO3)N(C(=O)OC(C)(C)C)c3cc(OCc4cc(Cl)cc(COc5cc6c(cc5OC)C(=O)N5CC(C)(C)C[C@H]5[C@H](OC5CCCCO5)N6C(=O)OC(C)(C)C)c4)c(OC)cc3C(=O)N2C1. The second kappa shape index (κ2) is 21.9. The van der Waals surface area contributed by atoms with E-state index in [1.54, 1.807) is 87.7 Å². The molecule has 6 heterocycles. The number of benzene rings is 3. The number of hydrogen-bond donors (Lipinski definition) is 0. The van der Waals surface area contributed by atoms with E-state index in [9.17, 15) is 19.2 Å². The van der Waals surface area contributed by atoms with Crippen molar-refractivity contribution in [3.8, 4) is 23.0 Å². The van der Waals surface area contributed by atoms with Gasteiger partial charge < -0.3 is 57.2 Å². The third-order valence-electron chi connectivity index (χ3n) is 14.1. The Labute approximate surface area is 450 Å². The van der Waals surface area contributed by atoms with E-state index in [1.807, 2.05) is 6.07 Å². The Balaban J connectivity index is 1.02. The van der Waals surface area contributed by atoms with Crippen LogP contribution in [0.5, 0.6) is 23.0 Å². The summed E-state index contributed by atoms with van der Waals surface area (Å²) >= 11 is 6.80. The smallest absolute Gasteiger partial charge is 0.417 e. The van der Waals surface area contributed by atoms with Crippen molar-refractivity contribution < 1.29 is 66.5 Å². The number of anilines is 2. The fourth-order valence-electron chi connectivity index (χ4n) is 10.9. The maximum atomic E-state index is 14.7. The number of rotatable bonds is 12. The second-order valence-corrected chi connectivity index (χ2v) is 23.7. The van der Waals surface area contributed by atoms with E-state index >= 15 is 0 Å². The summed E-state index contributed by atoms with van der Waals surface area (Å²) in [5.41, 5.74) is 0.999. The van der Waals surface area contributed by atoms with E-state index in [-0.39, 0.29) is 82.5 Å². The van der Waals surface area contributed by atoms with E-state index in [4.69, 9.17) is 59.0 Å². The molecule has 19 heteroatoms. The van der Waals surface area contributed by atoms with Crippen LogP contribution in [0.4, 0.5) is 21.0 Å². The van der Waals surface area contributed by atoms with Gasteiger partial charge in [0.2, 0.25) is 0 Å². The second-order valence-electron chi connectivity index (χ2n) is 23.3. The van der Waals surface area contributed by atoms with Gasteiger partial charge in [-0.2, -0.15) is 0 Å². The van der Waals surface area contributed by atoms with Crippen LogP contribution in [0.25, 0.3) is 0 Å². The molecular formula is C57H73ClN4O14. The minimum atomic E-state index is -0.992. The number of methoxy groups -OCH3 is 2. The monoisotopic (exact) mass is 1070 g/mol. The Hall–Kier alpha value is -5.79. The lowest BCUT2D eigenvalue weighted by atomic mass is 9.90. The maximum Gasteiger partial charge on any atom is 0.417 e. The van der Waals surface area contributed by atoms with Gasteiger partial charge in [0, 0.05) is 43.5 Å². The van der Waals surface area contributed by atoms with Crippen LogP contribution in [0, 0.1) is 5.41 Å². The molecule has 0 radical (unpaired) electrons. The minimum Gasteiger partial charge on any atom is -0.493 e. The minimum absolute atomic E-state index is 0.0206. The highest BCUT2D eigenvalue weighted by atomic mass is 35.5. The number of ether oxygens (including phenoxy) is 10. The number of hydrogen-bond acceptors (Lipinski definition) is 14. The van der Waals surface area contributed by atoms with Gasteiger partial charge in [0.05, 0.1) is 48.8 Å². The number of nitrogens with zero attached hydrogens (tertiary/aromatic N) is 4. The van der Waals surface area contributed by atoms with Crippen LogP contribution >= 0.6 is 11.6 Å². The van der Waals surface area contributed by atoms with E-state index in [0.29, 0.717) is 61.6 Å². The molecule has 0 spiro atoms. The van der Waals surface area contributed by atoms with Crippen LogP contribution in [-0.4, -0.2) is 123 Å². The molecule has 0 aliphatic carbocycles. The summed E-state index contributed by atoms with van der Waals surface area (Å²) in [5, 5.41) is 0.395. The van der Waals surface area contributed by atoms with E-state index in [1.165, 1.54) is 24.0 Å². The molecule has 4 amide bonds. The first-order valence-electron chi connectivity index (χ1n) is 26.3. The summed E-state index contributed by atoms with van der Waals surface area (Å²) in [6.07, 6.45) is 1.26. The average Bonchev–Trinajstić information content (AvgIpc) is 3.91. The van der Waals surface area contributed by atoms with Gasteiger partial charge in [-0.1, -0.05) is 37.6 Å². The van der Waals surface area contributed by atoms with Crippen molar-refractivity contribution in [1.82, 2.24) is 9.80 Å². The van der Waals surface area contributed by atoms with Crippen molar-refractivity contribution in [2.24, 2.45) is 5.41 Å². The van der Waals surface area contributed by atoms with Gasteiger partial charge in [0.25, 0.3) is 11.8 Å². The van der Waals surface area contributed by atoms with Gasteiger partial charge in [-0.05, 0) is 140 Å². The summed E-state index contributed by atoms with van der Waals surface area (Å²) in [6, 6.07) is 10.7. The summed E-state index contributed by atoms with van der Waals surface area (Å²) < 4.78 is 62.4. The fraction of sp³-hybridized carbons (Fsp3) is 0.579. The van der Waals surface area contributed by atoms with E-state index in [2.05, 4.69) is 20.4 Å². The normalized spacial score (nSPS) is 24.4. The topological polar surface area (TPSA) is 174 Å². The summed E-state index contributed by atoms with van der Waals surface area (Å²) in [7, 11) is 2.97. The molecule has 3 aromatic rings. The molecule has 6 atom stereocenters. The third kappa shape index (κ3) is 12.0. The first-order chi connectivity index (χ1) is 36.0. The van der Waals surface area contributed by atoms with Gasteiger partial charge in [-0.25, -0.2) is 19.4 Å². The molecule has 0 N–H and O–H groups in total. The van der Waals surface area contributed by atoms with E-state index < -0.39 is 60.5 Å². The van der Waals surface area contributed by atoms with Crippen LogP contribution in [0.1, 0.15) is 139 Å². The predicted molar refractivity (Wildman–Crippen MR) is 282 cm³/mol. The zero-order valence-corrected chi connectivity index (χ0v) is 46.3. The lowest BCUT2D eigenvalue weighted by Gasteiger charge is -2.39. The highest BCUT2D eigenvalue weighted by Gasteiger charge is 2.53. The molecule has 6 aliphatic heterocycles. The Kier molecular flexibility index (Phi) is 15.9. The van der Waals surface area contributed by atoms with Gasteiger partial charge in [-0.3, -0.25) is 9.59 Å². The van der Waals surface area contributed by atoms with Crippen molar-refractivity contribution in [3.63, 3.8) is 0 Å². The molecule has 0 saturated carbocycles. The molecule has 18 nitrogen and oxygen atoms in total. The van der Waals surface area contributed by atoms with E-state index in [0.717, 1.165) is 31.3 Å². The van der Waals surface area contributed by atoms with Crippen LogP contribution in [0.2, 0.25) is 5.02 Å². The molecule has 0 aromatic heterocycles. The number of carbonyl (C=O) groups excluding carboxylic acids is 4. The van der Waals surface area contributed by atoms with Gasteiger partial charge >= 0.3 is 12.2 Å².